The van der Waals surface area contributed by atoms with E-state index < -0.39 is 6.61 Å². The lowest BCUT2D eigenvalue weighted by Crippen LogP contribution is -2.52. The van der Waals surface area contributed by atoms with Gasteiger partial charge >= 0.3 is 6.61 Å². The van der Waals surface area contributed by atoms with Gasteiger partial charge in [-0.05, 0) is 37.3 Å². The van der Waals surface area contributed by atoms with E-state index in [1.165, 1.54) is 23.9 Å². The van der Waals surface area contributed by atoms with Gasteiger partial charge in [-0.1, -0.05) is 24.3 Å². The number of piperazine rings is 1. The first kappa shape index (κ1) is 20.1. The van der Waals surface area contributed by atoms with Crippen LogP contribution in [0, 0.1) is 0 Å². The molecule has 1 atom stereocenters. The largest absolute Gasteiger partial charge is 0.435 e. The Balaban J connectivity index is 1.47. The smallest absolute Gasteiger partial charge is 0.387 e. The maximum atomic E-state index is 12.3. The number of ether oxygens (including phenoxy) is 1. The van der Waals surface area contributed by atoms with E-state index in [2.05, 4.69) is 38.9 Å². The lowest BCUT2D eigenvalue weighted by molar-refractivity contribution is -0.0498. The summed E-state index contributed by atoms with van der Waals surface area (Å²) in [7, 11) is 0. The van der Waals surface area contributed by atoms with E-state index in [0.717, 1.165) is 26.2 Å². The predicted octanol–water partition coefficient (Wildman–Crippen LogP) is 3.23. The fourth-order valence-electron chi connectivity index (χ4n) is 3.34. The molecule has 1 heterocycles. The fourth-order valence-corrected chi connectivity index (χ4v) is 3.34. The number of hydrogen-bond donors (Lipinski definition) is 1. The van der Waals surface area contributed by atoms with Crippen LogP contribution in [0.15, 0.2) is 54.6 Å². The lowest BCUT2D eigenvalue weighted by Gasteiger charge is -2.39. The molecule has 1 aliphatic rings. The third-order valence-electron chi connectivity index (χ3n) is 4.94. The summed E-state index contributed by atoms with van der Waals surface area (Å²) in [6, 6.07) is 16.3. The van der Waals surface area contributed by atoms with E-state index in [1.54, 1.807) is 6.07 Å². The monoisotopic (exact) mass is 389 g/mol. The number of benzene rings is 2. The summed E-state index contributed by atoms with van der Waals surface area (Å²) in [4.78, 5) is 17.0. The van der Waals surface area contributed by atoms with Crippen LogP contribution in [0.1, 0.15) is 17.3 Å². The van der Waals surface area contributed by atoms with E-state index in [4.69, 9.17) is 0 Å². The molecule has 0 saturated carbocycles. The predicted molar refractivity (Wildman–Crippen MR) is 105 cm³/mol. The average molecular weight is 389 g/mol. The molecule has 1 amide bonds. The molecule has 7 heteroatoms. The van der Waals surface area contributed by atoms with Gasteiger partial charge in [-0.25, -0.2) is 0 Å². The molecule has 0 spiro atoms. The van der Waals surface area contributed by atoms with E-state index in [9.17, 15) is 13.6 Å². The number of nitrogens with zero attached hydrogens (tertiary/aromatic N) is 2. The first-order valence-electron chi connectivity index (χ1n) is 9.40. The first-order valence-corrected chi connectivity index (χ1v) is 9.40. The van der Waals surface area contributed by atoms with Crippen molar-refractivity contribution >= 4 is 11.6 Å². The van der Waals surface area contributed by atoms with Crippen LogP contribution < -0.4 is 15.0 Å². The van der Waals surface area contributed by atoms with Gasteiger partial charge < -0.3 is 15.0 Å². The zero-order valence-electron chi connectivity index (χ0n) is 15.9. The third kappa shape index (κ3) is 5.42. The number of rotatable bonds is 7. The van der Waals surface area contributed by atoms with Crippen LogP contribution in [0.3, 0.4) is 0 Å². The van der Waals surface area contributed by atoms with Gasteiger partial charge in [0.15, 0.2) is 0 Å². The Bertz CT molecular complexity index is 765. The van der Waals surface area contributed by atoms with E-state index in [0.29, 0.717) is 12.1 Å². The highest BCUT2D eigenvalue weighted by atomic mass is 19.3. The standard InChI is InChI=1S/C21H25F2N3O2/c1-16(25-10-12-26(13-11-25)18-7-3-2-4-8-18)15-24-20(27)17-6-5-9-19(14-17)28-21(22)23/h2-9,14,16,21H,10-13,15H2,1H3,(H,24,27). The van der Waals surface area contributed by atoms with Gasteiger partial charge in [0.25, 0.3) is 5.91 Å². The number of amides is 1. The van der Waals surface area contributed by atoms with Crippen LogP contribution in [0.5, 0.6) is 5.75 Å². The van der Waals surface area contributed by atoms with Crippen molar-refractivity contribution in [3.05, 3.63) is 60.2 Å². The number of halogens is 2. The second kappa shape index (κ2) is 9.50. The highest BCUT2D eigenvalue weighted by Gasteiger charge is 2.21. The van der Waals surface area contributed by atoms with Crippen molar-refractivity contribution in [3.8, 4) is 5.75 Å². The molecule has 1 unspecified atom stereocenters. The Labute approximate surface area is 163 Å². The molecule has 0 aliphatic carbocycles. The molecule has 2 aromatic carbocycles. The number of alkyl halides is 2. The molecular weight excluding hydrogens is 364 g/mol. The number of anilines is 1. The molecule has 0 bridgehead atoms. The van der Waals surface area contributed by atoms with Gasteiger partial charge in [0.05, 0.1) is 0 Å². The van der Waals surface area contributed by atoms with Gasteiger partial charge in [-0.15, -0.1) is 0 Å². The number of nitrogens with one attached hydrogen (secondary N) is 1. The van der Waals surface area contributed by atoms with Gasteiger partial charge in [-0.3, -0.25) is 9.69 Å². The zero-order chi connectivity index (χ0) is 19.9. The average Bonchev–Trinajstić information content (AvgIpc) is 2.72. The van der Waals surface area contributed by atoms with Crippen molar-refractivity contribution in [3.63, 3.8) is 0 Å². The Morgan fingerprint density at radius 1 is 1.07 bits per heavy atom. The Morgan fingerprint density at radius 2 is 1.79 bits per heavy atom. The minimum Gasteiger partial charge on any atom is -0.435 e. The molecule has 2 aromatic rings. The van der Waals surface area contributed by atoms with E-state index in [1.807, 2.05) is 18.2 Å². The Kier molecular flexibility index (Phi) is 6.81. The van der Waals surface area contributed by atoms with Gasteiger partial charge in [-0.2, -0.15) is 8.78 Å². The molecule has 5 nitrogen and oxygen atoms in total. The summed E-state index contributed by atoms with van der Waals surface area (Å²) in [5, 5.41) is 2.88. The molecule has 1 saturated heterocycles. The lowest BCUT2D eigenvalue weighted by atomic mass is 10.1. The van der Waals surface area contributed by atoms with Crippen LogP contribution in [0.4, 0.5) is 14.5 Å². The molecule has 150 valence electrons. The van der Waals surface area contributed by atoms with Crippen molar-refractivity contribution in [2.24, 2.45) is 0 Å². The molecule has 1 aliphatic heterocycles. The molecule has 28 heavy (non-hydrogen) atoms. The molecular formula is C21H25F2N3O2. The van der Waals surface area contributed by atoms with Gasteiger partial charge in [0, 0.05) is 50.0 Å². The summed E-state index contributed by atoms with van der Waals surface area (Å²) in [6.45, 7) is 3.38. The number of para-hydroxylation sites is 1. The van der Waals surface area contributed by atoms with Crippen LogP contribution in [-0.4, -0.2) is 56.2 Å². The minimum absolute atomic E-state index is 0.0206. The summed E-state index contributed by atoms with van der Waals surface area (Å²) >= 11 is 0. The van der Waals surface area contributed by atoms with Crippen LogP contribution in [-0.2, 0) is 0 Å². The first-order chi connectivity index (χ1) is 13.5. The molecule has 3 rings (SSSR count). The van der Waals surface area contributed by atoms with Crippen molar-refractivity contribution in [1.29, 1.82) is 0 Å². The number of carbonyl (C=O) groups excluding carboxylic acids is 1. The zero-order valence-corrected chi connectivity index (χ0v) is 15.9. The van der Waals surface area contributed by atoms with Crippen molar-refractivity contribution in [2.45, 2.75) is 19.6 Å². The van der Waals surface area contributed by atoms with Crippen LogP contribution in [0.25, 0.3) is 0 Å². The fraction of sp³-hybridized carbons (Fsp3) is 0.381. The Hall–Kier alpha value is -2.67. The molecule has 0 aromatic heterocycles. The van der Waals surface area contributed by atoms with Gasteiger partial charge in [0.2, 0.25) is 0 Å². The van der Waals surface area contributed by atoms with E-state index in [-0.39, 0.29) is 17.7 Å². The molecule has 1 N–H and O–H groups in total. The topological polar surface area (TPSA) is 44.8 Å². The maximum absolute atomic E-state index is 12.3. The summed E-state index contributed by atoms with van der Waals surface area (Å²) in [5.41, 5.74) is 1.54. The van der Waals surface area contributed by atoms with Crippen molar-refractivity contribution in [2.75, 3.05) is 37.6 Å². The van der Waals surface area contributed by atoms with Crippen LogP contribution in [0.2, 0.25) is 0 Å². The van der Waals surface area contributed by atoms with Crippen molar-refractivity contribution < 1.29 is 18.3 Å². The third-order valence-corrected chi connectivity index (χ3v) is 4.94. The summed E-state index contributed by atoms with van der Waals surface area (Å²) in [6.07, 6.45) is 0. The normalized spacial score (nSPS) is 16.1. The van der Waals surface area contributed by atoms with Crippen LogP contribution >= 0.6 is 0 Å². The second-order valence-electron chi connectivity index (χ2n) is 6.82. The number of hydrogen-bond acceptors (Lipinski definition) is 4. The maximum Gasteiger partial charge on any atom is 0.387 e. The minimum atomic E-state index is -2.91. The molecule has 1 fully saturated rings. The summed E-state index contributed by atoms with van der Waals surface area (Å²) in [5.74, 6) is -0.317. The SMILES string of the molecule is CC(CNC(=O)c1cccc(OC(F)F)c1)N1CCN(c2ccccc2)CC1. The van der Waals surface area contributed by atoms with E-state index >= 15 is 0 Å². The van der Waals surface area contributed by atoms with Crippen molar-refractivity contribution in [1.82, 2.24) is 10.2 Å². The second-order valence-corrected chi connectivity index (χ2v) is 6.82. The quantitative estimate of drug-likeness (QED) is 0.790. The number of carbonyl (C=O) groups is 1. The highest BCUT2D eigenvalue weighted by Crippen LogP contribution is 2.17. The molecule has 0 radical (unpaired) electrons. The summed E-state index contributed by atoms with van der Waals surface area (Å²) < 4.78 is 29.0. The Morgan fingerprint density at radius 3 is 2.46 bits per heavy atom. The highest BCUT2D eigenvalue weighted by molar-refractivity contribution is 5.94. The van der Waals surface area contributed by atoms with Gasteiger partial charge in [0.1, 0.15) is 5.75 Å².